The average molecular weight is 308 g/mol. The van der Waals surface area contributed by atoms with Gasteiger partial charge in [-0.25, -0.2) is 8.42 Å². The number of hydrogen-bond donors (Lipinski definition) is 3. The van der Waals surface area contributed by atoms with Crippen molar-refractivity contribution < 1.29 is 13.2 Å². The van der Waals surface area contributed by atoms with E-state index in [-0.39, 0.29) is 10.8 Å². The Bertz CT molecular complexity index is 812. The number of benzene rings is 1. The maximum absolute atomic E-state index is 12.5. The van der Waals surface area contributed by atoms with E-state index in [1.54, 1.807) is 25.2 Å². The molecule has 7 nitrogen and oxygen atoms in total. The molecule has 0 saturated carbocycles. The van der Waals surface area contributed by atoms with Crippen molar-refractivity contribution in [3.05, 3.63) is 24.4 Å². The fourth-order valence-electron chi connectivity index (χ4n) is 2.52. The number of amides is 1. The van der Waals surface area contributed by atoms with Crippen LogP contribution in [-0.4, -0.2) is 43.8 Å². The van der Waals surface area contributed by atoms with E-state index < -0.39 is 16.1 Å². The summed E-state index contributed by atoms with van der Waals surface area (Å²) in [5, 5.41) is 0.515. The predicted octanol–water partition coefficient (Wildman–Crippen LogP) is 0.259. The number of aromatic nitrogens is 1. The number of nitrogens with one attached hydrogen (secondary N) is 2. The van der Waals surface area contributed by atoms with Crippen LogP contribution < -0.4 is 10.5 Å². The number of nitrogens with two attached hydrogens (primary N) is 1. The van der Waals surface area contributed by atoms with Crippen LogP contribution in [0.5, 0.6) is 0 Å². The van der Waals surface area contributed by atoms with Crippen LogP contribution in [0.2, 0.25) is 0 Å². The quantitative estimate of drug-likeness (QED) is 0.707. The largest absolute Gasteiger partial charge is 0.399 e. The molecule has 4 N–H and O–H groups in total. The normalized spacial score (nSPS) is 19.6. The van der Waals surface area contributed by atoms with Crippen molar-refractivity contribution in [3.63, 3.8) is 0 Å². The second-order valence-electron chi connectivity index (χ2n) is 5.18. The SMILES string of the molecule is CN1CCC(NS(=O)(=O)c2c[nH]c3ccc(N)cc23)C1=O. The van der Waals surface area contributed by atoms with Gasteiger partial charge in [-0.05, 0) is 24.6 Å². The number of likely N-dealkylation sites (tertiary alicyclic amines) is 1. The second-order valence-corrected chi connectivity index (χ2v) is 6.86. The Morgan fingerprint density at radius 2 is 2.19 bits per heavy atom. The number of carbonyl (C=O) groups is 1. The minimum Gasteiger partial charge on any atom is -0.399 e. The maximum atomic E-state index is 12.5. The lowest BCUT2D eigenvalue weighted by atomic mass is 10.2. The summed E-state index contributed by atoms with van der Waals surface area (Å²) < 4.78 is 27.4. The lowest BCUT2D eigenvalue weighted by Crippen LogP contribution is -2.40. The van der Waals surface area contributed by atoms with Gasteiger partial charge < -0.3 is 15.6 Å². The van der Waals surface area contributed by atoms with E-state index >= 15 is 0 Å². The summed E-state index contributed by atoms with van der Waals surface area (Å²) in [6.07, 6.45) is 1.88. The molecule has 2 heterocycles. The topological polar surface area (TPSA) is 108 Å². The molecule has 112 valence electrons. The van der Waals surface area contributed by atoms with Crippen LogP contribution in [0.4, 0.5) is 5.69 Å². The molecule has 1 saturated heterocycles. The number of anilines is 1. The molecule has 1 amide bonds. The molecule has 21 heavy (non-hydrogen) atoms. The van der Waals surface area contributed by atoms with Crippen LogP contribution in [0, 0.1) is 0 Å². The smallest absolute Gasteiger partial charge is 0.243 e. The van der Waals surface area contributed by atoms with Gasteiger partial charge in [0.25, 0.3) is 0 Å². The van der Waals surface area contributed by atoms with Gasteiger partial charge in [-0.3, -0.25) is 4.79 Å². The standard InChI is InChI=1S/C13H16N4O3S/c1-17-5-4-11(13(17)18)16-21(19,20)12-7-15-10-3-2-8(14)6-9(10)12/h2-3,6-7,11,15-16H,4-5,14H2,1H3. The Morgan fingerprint density at radius 3 is 2.86 bits per heavy atom. The van der Waals surface area contributed by atoms with Crippen LogP contribution in [0.15, 0.2) is 29.3 Å². The number of likely N-dealkylation sites (N-methyl/N-ethyl adjacent to an activating group) is 1. The molecule has 0 spiro atoms. The van der Waals surface area contributed by atoms with Crippen LogP contribution in [-0.2, 0) is 14.8 Å². The Kier molecular flexibility index (Phi) is 3.14. The minimum absolute atomic E-state index is 0.104. The second kappa shape index (κ2) is 4.74. The third-order valence-corrected chi connectivity index (χ3v) is 5.19. The van der Waals surface area contributed by atoms with Gasteiger partial charge >= 0.3 is 0 Å². The van der Waals surface area contributed by atoms with Gasteiger partial charge in [-0.2, -0.15) is 4.72 Å². The van der Waals surface area contributed by atoms with Gasteiger partial charge in [0.05, 0.1) is 0 Å². The maximum Gasteiger partial charge on any atom is 0.243 e. The van der Waals surface area contributed by atoms with E-state index in [4.69, 9.17) is 5.73 Å². The monoisotopic (exact) mass is 308 g/mol. The summed E-state index contributed by atoms with van der Waals surface area (Å²) in [5.74, 6) is -0.210. The number of rotatable bonds is 3. The highest BCUT2D eigenvalue weighted by atomic mass is 32.2. The van der Waals surface area contributed by atoms with Crippen LogP contribution in [0.25, 0.3) is 10.9 Å². The Balaban J connectivity index is 1.97. The molecule has 2 aromatic rings. The molecule has 1 fully saturated rings. The number of carbonyl (C=O) groups excluding carboxylic acids is 1. The summed E-state index contributed by atoms with van der Waals surface area (Å²) in [5.41, 5.74) is 6.87. The fraction of sp³-hybridized carbons (Fsp3) is 0.308. The zero-order chi connectivity index (χ0) is 15.2. The molecule has 0 radical (unpaired) electrons. The molecule has 1 aliphatic heterocycles. The van der Waals surface area contributed by atoms with Gasteiger partial charge in [0, 0.05) is 36.4 Å². The van der Waals surface area contributed by atoms with E-state index in [1.165, 1.54) is 11.1 Å². The summed E-state index contributed by atoms with van der Waals surface area (Å²) in [6, 6.07) is 4.31. The first-order valence-corrected chi connectivity index (χ1v) is 8.01. The summed E-state index contributed by atoms with van der Waals surface area (Å²) in [4.78, 5) is 16.4. The van der Waals surface area contributed by atoms with E-state index in [2.05, 4.69) is 9.71 Å². The third-order valence-electron chi connectivity index (χ3n) is 3.68. The van der Waals surface area contributed by atoms with Crippen molar-refractivity contribution in [3.8, 4) is 0 Å². The Labute approximate surface area is 122 Å². The zero-order valence-electron chi connectivity index (χ0n) is 11.5. The lowest BCUT2D eigenvalue weighted by Gasteiger charge is -2.12. The molecular formula is C13H16N4O3S. The van der Waals surface area contributed by atoms with E-state index in [0.717, 1.165) is 0 Å². The zero-order valence-corrected chi connectivity index (χ0v) is 12.3. The molecule has 1 aromatic heterocycles. The summed E-state index contributed by atoms with van der Waals surface area (Å²) in [7, 11) is -2.13. The van der Waals surface area contributed by atoms with Crippen LogP contribution >= 0.6 is 0 Å². The number of nitrogens with zero attached hydrogens (tertiary/aromatic N) is 1. The number of aromatic amines is 1. The molecule has 8 heteroatoms. The number of hydrogen-bond acceptors (Lipinski definition) is 4. The van der Waals surface area contributed by atoms with Crippen molar-refractivity contribution >= 4 is 32.5 Å². The molecule has 1 aromatic carbocycles. The summed E-state index contributed by atoms with van der Waals surface area (Å²) in [6.45, 7) is 0.548. The van der Waals surface area contributed by atoms with Crippen molar-refractivity contribution in [1.82, 2.24) is 14.6 Å². The van der Waals surface area contributed by atoms with Crippen molar-refractivity contribution in [2.75, 3.05) is 19.3 Å². The third kappa shape index (κ3) is 2.36. The van der Waals surface area contributed by atoms with Gasteiger partial charge in [0.15, 0.2) is 0 Å². The van der Waals surface area contributed by atoms with Gasteiger partial charge in [-0.1, -0.05) is 0 Å². The van der Waals surface area contributed by atoms with Gasteiger partial charge in [0.2, 0.25) is 15.9 Å². The van der Waals surface area contributed by atoms with Crippen LogP contribution in [0.3, 0.4) is 0 Å². The molecule has 1 atom stereocenters. The highest BCUT2D eigenvalue weighted by molar-refractivity contribution is 7.89. The highest BCUT2D eigenvalue weighted by Crippen LogP contribution is 2.25. The molecule has 1 unspecified atom stereocenters. The Hall–Kier alpha value is -2.06. The molecule has 3 rings (SSSR count). The fourth-order valence-corrected chi connectivity index (χ4v) is 3.91. The highest BCUT2D eigenvalue weighted by Gasteiger charge is 2.33. The number of nitrogen functional groups attached to an aromatic ring is 1. The number of fused-ring (bicyclic) bond motifs is 1. The van der Waals surface area contributed by atoms with Crippen LogP contribution in [0.1, 0.15) is 6.42 Å². The molecule has 0 bridgehead atoms. The number of sulfonamides is 1. The first-order chi connectivity index (χ1) is 9.88. The van der Waals surface area contributed by atoms with E-state index in [0.29, 0.717) is 29.6 Å². The first kappa shape index (κ1) is 13.9. The number of H-pyrrole nitrogens is 1. The molecule has 0 aliphatic carbocycles. The predicted molar refractivity (Wildman–Crippen MR) is 79.1 cm³/mol. The van der Waals surface area contributed by atoms with E-state index in [1.807, 2.05) is 0 Å². The van der Waals surface area contributed by atoms with Crippen molar-refractivity contribution in [2.45, 2.75) is 17.4 Å². The first-order valence-electron chi connectivity index (χ1n) is 6.52. The average Bonchev–Trinajstić information content (AvgIpc) is 2.97. The molecule has 1 aliphatic rings. The van der Waals surface area contributed by atoms with Gasteiger partial charge in [0.1, 0.15) is 10.9 Å². The van der Waals surface area contributed by atoms with Gasteiger partial charge in [-0.15, -0.1) is 0 Å². The lowest BCUT2D eigenvalue weighted by molar-refractivity contribution is -0.127. The van der Waals surface area contributed by atoms with E-state index in [9.17, 15) is 13.2 Å². The summed E-state index contributed by atoms with van der Waals surface area (Å²) >= 11 is 0. The Morgan fingerprint density at radius 1 is 1.43 bits per heavy atom. The molecular weight excluding hydrogens is 292 g/mol. The van der Waals surface area contributed by atoms with Crippen molar-refractivity contribution in [1.29, 1.82) is 0 Å². The minimum atomic E-state index is -3.78. The van der Waals surface area contributed by atoms with Crippen molar-refractivity contribution in [2.24, 2.45) is 0 Å².